The summed E-state index contributed by atoms with van der Waals surface area (Å²) in [6.07, 6.45) is 2.08. The molecule has 2 amide bonds. The Morgan fingerprint density at radius 1 is 1.10 bits per heavy atom. The Bertz CT molecular complexity index is 358. The maximum Gasteiger partial charge on any atom is 0.242 e. The van der Waals surface area contributed by atoms with E-state index in [1.165, 1.54) is 0 Å². The highest BCUT2D eigenvalue weighted by Gasteiger charge is 2.24. The normalized spacial score (nSPS) is 16.7. The lowest BCUT2D eigenvalue weighted by molar-refractivity contribution is -0.130. The van der Waals surface area contributed by atoms with Gasteiger partial charge in [-0.25, -0.2) is 0 Å². The summed E-state index contributed by atoms with van der Waals surface area (Å²) < 4.78 is 0. The van der Waals surface area contributed by atoms with Crippen molar-refractivity contribution in [2.75, 3.05) is 0 Å². The molecule has 0 aliphatic heterocycles. The van der Waals surface area contributed by atoms with Gasteiger partial charge in [-0.1, -0.05) is 34.1 Å². The molecule has 4 N–H and O–H groups in total. The Morgan fingerprint density at radius 3 is 2.10 bits per heavy atom. The van der Waals surface area contributed by atoms with Gasteiger partial charge in [-0.05, 0) is 25.2 Å². The van der Waals surface area contributed by atoms with Gasteiger partial charge in [0.2, 0.25) is 11.8 Å². The van der Waals surface area contributed by atoms with Crippen LogP contribution in [0.1, 0.15) is 47.5 Å². The third kappa shape index (κ3) is 7.22. The van der Waals surface area contributed by atoms with Gasteiger partial charge in [-0.3, -0.25) is 9.59 Å². The van der Waals surface area contributed by atoms with Gasteiger partial charge < -0.3 is 21.2 Å². The van der Waals surface area contributed by atoms with Crippen molar-refractivity contribution in [1.29, 1.82) is 0 Å². The summed E-state index contributed by atoms with van der Waals surface area (Å²) in [5, 5.41) is 5.21. The molecule has 0 radical (unpaired) electrons. The minimum absolute atomic E-state index is 0.0453. The standard InChI is InChI=1S/C15H29N3O3/c1-6-10(4)13(16)15(21)17-11(5)14(20)18-12(8-19)7-9(2)3/h8-13H,6-7,16H2,1-5H3,(H,17,21)(H,18,20). The maximum atomic E-state index is 12.0. The molecule has 0 saturated heterocycles. The fourth-order valence-electron chi connectivity index (χ4n) is 1.85. The molecular formula is C15H29N3O3. The number of carbonyl (C=O) groups is 3. The molecule has 0 heterocycles. The second-order valence-electron chi connectivity index (χ2n) is 6.02. The van der Waals surface area contributed by atoms with Gasteiger partial charge in [0.25, 0.3) is 0 Å². The lowest BCUT2D eigenvalue weighted by Gasteiger charge is -2.22. The van der Waals surface area contributed by atoms with Crippen molar-refractivity contribution in [3.05, 3.63) is 0 Å². The predicted molar refractivity (Wildman–Crippen MR) is 82.5 cm³/mol. The van der Waals surface area contributed by atoms with Crippen LogP contribution in [0.2, 0.25) is 0 Å². The molecule has 0 aliphatic carbocycles. The summed E-state index contributed by atoms with van der Waals surface area (Å²) in [6.45, 7) is 9.36. The first-order valence-corrected chi connectivity index (χ1v) is 7.54. The number of rotatable bonds is 9. The number of hydrogen-bond acceptors (Lipinski definition) is 4. The van der Waals surface area contributed by atoms with Gasteiger partial charge in [-0.15, -0.1) is 0 Å². The molecular weight excluding hydrogens is 270 g/mol. The Morgan fingerprint density at radius 2 is 1.67 bits per heavy atom. The molecule has 0 fully saturated rings. The number of nitrogens with one attached hydrogen (secondary N) is 2. The topological polar surface area (TPSA) is 101 Å². The zero-order chi connectivity index (χ0) is 16.6. The molecule has 4 atom stereocenters. The van der Waals surface area contributed by atoms with Gasteiger partial charge in [-0.2, -0.15) is 0 Å². The second-order valence-corrected chi connectivity index (χ2v) is 6.02. The summed E-state index contributed by atoms with van der Waals surface area (Å²) >= 11 is 0. The quantitative estimate of drug-likeness (QED) is 0.542. The third-order valence-electron chi connectivity index (χ3n) is 3.53. The Balaban J connectivity index is 4.44. The largest absolute Gasteiger partial charge is 0.345 e. The molecule has 0 rings (SSSR count). The van der Waals surface area contributed by atoms with Crippen LogP contribution in [0, 0.1) is 11.8 Å². The van der Waals surface area contributed by atoms with Crippen LogP contribution in [0.4, 0.5) is 0 Å². The molecule has 6 nitrogen and oxygen atoms in total. The van der Waals surface area contributed by atoms with Crippen LogP contribution >= 0.6 is 0 Å². The Labute approximate surface area is 127 Å². The van der Waals surface area contributed by atoms with Crippen LogP contribution in [-0.4, -0.2) is 36.2 Å². The fraction of sp³-hybridized carbons (Fsp3) is 0.800. The van der Waals surface area contributed by atoms with Crippen molar-refractivity contribution in [2.45, 2.75) is 65.6 Å². The van der Waals surface area contributed by atoms with E-state index in [2.05, 4.69) is 10.6 Å². The summed E-state index contributed by atoms with van der Waals surface area (Å²) in [5.41, 5.74) is 5.81. The van der Waals surface area contributed by atoms with Gasteiger partial charge in [0.05, 0.1) is 12.1 Å². The van der Waals surface area contributed by atoms with E-state index in [0.717, 1.165) is 12.7 Å². The van der Waals surface area contributed by atoms with Crippen LogP contribution in [0.25, 0.3) is 0 Å². The second kappa shape index (κ2) is 9.50. The van der Waals surface area contributed by atoms with Crippen LogP contribution in [0.15, 0.2) is 0 Å². The fourth-order valence-corrected chi connectivity index (χ4v) is 1.85. The van der Waals surface area contributed by atoms with E-state index in [9.17, 15) is 14.4 Å². The number of carbonyl (C=O) groups excluding carboxylic acids is 3. The molecule has 0 aromatic carbocycles. The third-order valence-corrected chi connectivity index (χ3v) is 3.53. The van der Waals surface area contributed by atoms with E-state index >= 15 is 0 Å². The van der Waals surface area contributed by atoms with Crippen molar-refractivity contribution in [1.82, 2.24) is 10.6 Å². The monoisotopic (exact) mass is 299 g/mol. The van der Waals surface area contributed by atoms with E-state index in [-0.39, 0.29) is 17.7 Å². The highest BCUT2D eigenvalue weighted by atomic mass is 16.2. The van der Waals surface area contributed by atoms with Gasteiger partial charge in [0.15, 0.2) is 0 Å². The number of aldehydes is 1. The van der Waals surface area contributed by atoms with Gasteiger partial charge in [0.1, 0.15) is 12.3 Å². The average molecular weight is 299 g/mol. The molecule has 0 saturated carbocycles. The Hall–Kier alpha value is -1.43. The molecule has 122 valence electrons. The van der Waals surface area contributed by atoms with E-state index in [0.29, 0.717) is 12.3 Å². The molecule has 21 heavy (non-hydrogen) atoms. The SMILES string of the molecule is CCC(C)C(N)C(=O)NC(C)C(=O)NC(C=O)CC(C)C. The first kappa shape index (κ1) is 19.6. The molecule has 4 unspecified atom stereocenters. The smallest absolute Gasteiger partial charge is 0.242 e. The summed E-state index contributed by atoms with van der Waals surface area (Å²) in [4.78, 5) is 34.8. The molecule has 0 aliphatic rings. The summed E-state index contributed by atoms with van der Waals surface area (Å²) in [6, 6.07) is -1.88. The summed E-state index contributed by atoms with van der Waals surface area (Å²) in [7, 11) is 0. The van der Waals surface area contributed by atoms with Crippen molar-refractivity contribution in [3.8, 4) is 0 Å². The average Bonchev–Trinajstić information content (AvgIpc) is 2.43. The zero-order valence-corrected chi connectivity index (χ0v) is 13.7. The summed E-state index contributed by atoms with van der Waals surface area (Å²) in [5.74, 6) is -0.385. The van der Waals surface area contributed by atoms with Crippen LogP contribution in [0.3, 0.4) is 0 Å². The van der Waals surface area contributed by atoms with Gasteiger partial charge >= 0.3 is 0 Å². The highest BCUT2D eigenvalue weighted by Crippen LogP contribution is 2.06. The van der Waals surface area contributed by atoms with Crippen LogP contribution in [-0.2, 0) is 14.4 Å². The van der Waals surface area contributed by atoms with Crippen molar-refractivity contribution in [2.24, 2.45) is 17.6 Å². The first-order chi connectivity index (χ1) is 9.72. The molecule has 0 aromatic heterocycles. The molecule has 0 spiro atoms. The van der Waals surface area contributed by atoms with Crippen molar-refractivity contribution < 1.29 is 14.4 Å². The molecule has 0 bridgehead atoms. The number of amides is 2. The van der Waals surface area contributed by atoms with E-state index in [1.807, 2.05) is 27.7 Å². The van der Waals surface area contributed by atoms with Crippen LogP contribution in [0.5, 0.6) is 0 Å². The van der Waals surface area contributed by atoms with E-state index in [1.54, 1.807) is 6.92 Å². The maximum absolute atomic E-state index is 12.0. The number of nitrogens with two attached hydrogens (primary N) is 1. The highest BCUT2D eigenvalue weighted by molar-refractivity contribution is 5.90. The Kier molecular flexibility index (Phi) is 8.85. The van der Waals surface area contributed by atoms with Crippen molar-refractivity contribution in [3.63, 3.8) is 0 Å². The molecule has 0 aromatic rings. The number of hydrogen-bond donors (Lipinski definition) is 3. The lowest BCUT2D eigenvalue weighted by Crippen LogP contribution is -2.53. The lowest BCUT2D eigenvalue weighted by atomic mass is 9.99. The first-order valence-electron chi connectivity index (χ1n) is 7.54. The zero-order valence-electron chi connectivity index (χ0n) is 13.7. The minimum Gasteiger partial charge on any atom is -0.345 e. The predicted octanol–water partition coefficient (Wildman–Crippen LogP) is 0.594. The van der Waals surface area contributed by atoms with Gasteiger partial charge in [0, 0.05) is 0 Å². The minimum atomic E-state index is -0.720. The van der Waals surface area contributed by atoms with E-state index in [4.69, 9.17) is 5.73 Å². The van der Waals surface area contributed by atoms with Crippen LogP contribution < -0.4 is 16.4 Å². The molecule has 6 heteroatoms. The van der Waals surface area contributed by atoms with Crippen molar-refractivity contribution >= 4 is 18.1 Å². The van der Waals surface area contributed by atoms with E-state index < -0.39 is 18.1 Å².